The van der Waals surface area contributed by atoms with Crippen molar-refractivity contribution < 1.29 is 8.95 Å². The van der Waals surface area contributed by atoms with Gasteiger partial charge >= 0.3 is 0 Å². The molecule has 0 saturated heterocycles. The average molecular weight is 295 g/mol. The van der Waals surface area contributed by atoms with E-state index in [0.717, 1.165) is 12.0 Å². The maximum Gasteiger partial charge on any atom is 0.185 e. The van der Waals surface area contributed by atoms with Gasteiger partial charge < -0.3 is 10.5 Å². The molecule has 0 aliphatic rings. The minimum atomic E-state index is -0.814. The molecule has 0 aliphatic heterocycles. The molecule has 0 aliphatic carbocycles. The van der Waals surface area contributed by atoms with Gasteiger partial charge in [-0.2, -0.15) is 0 Å². The van der Waals surface area contributed by atoms with Crippen LogP contribution >= 0.6 is 0 Å². The van der Waals surface area contributed by atoms with E-state index in [0.29, 0.717) is 29.6 Å². The Balaban J connectivity index is 2.28. The molecule has 0 amide bonds. The molecular weight excluding hydrogens is 278 g/mol. The van der Waals surface area contributed by atoms with Crippen molar-refractivity contribution in [1.29, 1.82) is 0 Å². The van der Waals surface area contributed by atoms with Crippen LogP contribution in [0.25, 0.3) is 11.4 Å². The van der Waals surface area contributed by atoms with Gasteiger partial charge in [-0.05, 0) is 29.0 Å². The van der Waals surface area contributed by atoms with Crippen LogP contribution in [0.5, 0.6) is 5.75 Å². The monoisotopic (exact) mass is 295 g/mol. The van der Waals surface area contributed by atoms with Gasteiger partial charge in [-0.3, -0.25) is 4.21 Å². The van der Waals surface area contributed by atoms with Crippen molar-refractivity contribution in [2.75, 3.05) is 24.9 Å². The largest absolute Gasteiger partial charge is 0.494 e. The first kappa shape index (κ1) is 14.4. The molecule has 7 nitrogen and oxygen atoms in total. The van der Waals surface area contributed by atoms with Crippen molar-refractivity contribution in [3.05, 3.63) is 18.2 Å². The first-order valence-corrected chi connectivity index (χ1v) is 7.85. The quantitative estimate of drug-likeness (QED) is 0.788. The highest BCUT2D eigenvalue weighted by atomic mass is 32.2. The van der Waals surface area contributed by atoms with Crippen LogP contribution in [0.15, 0.2) is 18.2 Å². The van der Waals surface area contributed by atoms with Gasteiger partial charge in [-0.1, -0.05) is 6.07 Å². The van der Waals surface area contributed by atoms with Crippen LogP contribution < -0.4 is 10.5 Å². The SMILES string of the molecule is COc1c(N)cccc1-c1nnnn1CCCS(C)=O. The summed E-state index contributed by atoms with van der Waals surface area (Å²) in [5.74, 6) is 1.77. The van der Waals surface area contributed by atoms with Gasteiger partial charge in [-0.25, -0.2) is 4.68 Å². The molecule has 2 rings (SSSR count). The Hall–Kier alpha value is -1.96. The Morgan fingerprint density at radius 1 is 1.45 bits per heavy atom. The minimum Gasteiger partial charge on any atom is -0.494 e. The Morgan fingerprint density at radius 2 is 2.25 bits per heavy atom. The summed E-state index contributed by atoms with van der Waals surface area (Å²) in [4.78, 5) is 0. The van der Waals surface area contributed by atoms with Gasteiger partial charge in [0.25, 0.3) is 0 Å². The Bertz CT molecular complexity index is 614. The van der Waals surface area contributed by atoms with Gasteiger partial charge in [0.05, 0.1) is 18.4 Å². The van der Waals surface area contributed by atoms with E-state index in [1.807, 2.05) is 12.1 Å². The van der Waals surface area contributed by atoms with Crippen LogP contribution in [-0.4, -0.2) is 43.5 Å². The third-order valence-corrected chi connectivity index (χ3v) is 3.69. The maximum atomic E-state index is 11.1. The zero-order chi connectivity index (χ0) is 14.5. The van der Waals surface area contributed by atoms with Crippen molar-refractivity contribution >= 4 is 16.5 Å². The van der Waals surface area contributed by atoms with Crippen LogP contribution in [0.4, 0.5) is 5.69 Å². The summed E-state index contributed by atoms with van der Waals surface area (Å²) in [6.45, 7) is 0.597. The van der Waals surface area contributed by atoms with E-state index in [1.165, 1.54) is 0 Å². The summed E-state index contributed by atoms with van der Waals surface area (Å²) in [6.07, 6.45) is 2.42. The number of anilines is 1. The molecule has 0 bridgehead atoms. The fourth-order valence-electron chi connectivity index (χ4n) is 1.92. The van der Waals surface area contributed by atoms with E-state index in [9.17, 15) is 4.21 Å². The van der Waals surface area contributed by atoms with Crippen molar-refractivity contribution in [3.63, 3.8) is 0 Å². The molecular formula is C12H17N5O2S. The Morgan fingerprint density at radius 3 is 2.95 bits per heavy atom. The Kier molecular flexibility index (Phi) is 4.67. The predicted octanol–water partition coefficient (Wildman–Crippen LogP) is 0.699. The summed E-state index contributed by atoms with van der Waals surface area (Å²) in [5.41, 5.74) is 7.17. The molecule has 1 aromatic carbocycles. The zero-order valence-corrected chi connectivity index (χ0v) is 12.3. The number of rotatable bonds is 6. The highest BCUT2D eigenvalue weighted by molar-refractivity contribution is 7.84. The number of nitrogens with zero attached hydrogens (tertiary/aromatic N) is 4. The number of aromatic nitrogens is 4. The van der Waals surface area contributed by atoms with E-state index in [1.54, 1.807) is 24.1 Å². The van der Waals surface area contributed by atoms with Crippen molar-refractivity contribution in [2.45, 2.75) is 13.0 Å². The molecule has 0 saturated carbocycles. The summed E-state index contributed by atoms with van der Waals surface area (Å²) >= 11 is 0. The number of para-hydroxylation sites is 1. The molecule has 108 valence electrons. The van der Waals surface area contributed by atoms with Crippen LogP contribution in [0.3, 0.4) is 0 Å². The molecule has 1 unspecified atom stereocenters. The summed E-state index contributed by atoms with van der Waals surface area (Å²) in [6, 6.07) is 5.44. The number of aryl methyl sites for hydroxylation is 1. The third-order valence-electron chi connectivity index (χ3n) is 2.82. The van der Waals surface area contributed by atoms with E-state index in [4.69, 9.17) is 10.5 Å². The number of tetrazole rings is 1. The minimum absolute atomic E-state index is 0.536. The lowest BCUT2D eigenvalue weighted by Gasteiger charge is -2.10. The fourth-order valence-corrected chi connectivity index (χ4v) is 2.46. The van der Waals surface area contributed by atoms with Gasteiger partial charge in [0, 0.05) is 29.4 Å². The smallest absolute Gasteiger partial charge is 0.185 e. The fraction of sp³-hybridized carbons (Fsp3) is 0.417. The molecule has 0 spiro atoms. The molecule has 8 heteroatoms. The first-order chi connectivity index (χ1) is 9.63. The molecule has 1 aromatic heterocycles. The van der Waals surface area contributed by atoms with Gasteiger partial charge in [0.2, 0.25) is 0 Å². The normalized spacial score (nSPS) is 12.3. The molecule has 2 aromatic rings. The molecule has 20 heavy (non-hydrogen) atoms. The highest BCUT2D eigenvalue weighted by Crippen LogP contribution is 2.33. The number of hydrogen-bond donors (Lipinski definition) is 1. The van der Waals surface area contributed by atoms with E-state index >= 15 is 0 Å². The van der Waals surface area contributed by atoms with Gasteiger partial charge in [0.1, 0.15) is 0 Å². The molecule has 0 fully saturated rings. The second-order valence-electron chi connectivity index (χ2n) is 4.28. The lowest BCUT2D eigenvalue weighted by molar-refractivity contribution is 0.418. The summed E-state index contributed by atoms with van der Waals surface area (Å²) in [5, 5.41) is 11.7. The van der Waals surface area contributed by atoms with E-state index < -0.39 is 10.8 Å². The summed E-state index contributed by atoms with van der Waals surface area (Å²) < 4.78 is 18.1. The second-order valence-corrected chi connectivity index (χ2v) is 5.84. The lowest BCUT2D eigenvalue weighted by atomic mass is 10.1. The van der Waals surface area contributed by atoms with Gasteiger partial charge in [0.15, 0.2) is 11.6 Å². The lowest BCUT2D eigenvalue weighted by Crippen LogP contribution is -2.07. The third kappa shape index (κ3) is 3.13. The van der Waals surface area contributed by atoms with Crippen LogP contribution in [0, 0.1) is 0 Å². The standard InChI is InChI=1S/C12H17N5O2S/c1-19-11-9(5-3-6-10(11)13)12-14-15-16-17(12)7-4-8-20(2)18/h3,5-6H,4,7-8,13H2,1-2H3. The van der Waals surface area contributed by atoms with E-state index in [2.05, 4.69) is 15.5 Å². The van der Waals surface area contributed by atoms with Crippen molar-refractivity contribution in [2.24, 2.45) is 0 Å². The van der Waals surface area contributed by atoms with E-state index in [-0.39, 0.29) is 0 Å². The molecule has 1 atom stereocenters. The number of nitrogen functional groups attached to an aromatic ring is 1. The van der Waals surface area contributed by atoms with Crippen molar-refractivity contribution in [3.8, 4) is 17.1 Å². The number of hydrogen-bond acceptors (Lipinski definition) is 6. The topological polar surface area (TPSA) is 95.9 Å². The number of ether oxygens (including phenoxy) is 1. The average Bonchev–Trinajstić information content (AvgIpc) is 2.86. The molecule has 0 radical (unpaired) electrons. The first-order valence-electron chi connectivity index (χ1n) is 6.12. The highest BCUT2D eigenvalue weighted by Gasteiger charge is 2.15. The van der Waals surface area contributed by atoms with Crippen LogP contribution in [-0.2, 0) is 17.3 Å². The summed E-state index contributed by atoms with van der Waals surface area (Å²) in [7, 11) is 0.745. The number of benzene rings is 1. The number of methoxy groups -OCH3 is 1. The molecule has 2 N–H and O–H groups in total. The predicted molar refractivity (Wildman–Crippen MR) is 77.8 cm³/mol. The van der Waals surface area contributed by atoms with Gasteiger partial charge in [-0.15, -0.1) is 5.10 Å². The second kappa shape index (κ2) is 6.47. The maximum absolute atomic E-state index is 11.1. The zero-order valence-electron chi connectivity index (χ0n) is 11.4. The van der Waals surface area contributed by atoms with Crippen molar-refractivity contribution in [1.82, 2.24) is 20.2 Å². The van der Waals surface area contributed by atoms with Crippen LogP contribution in [0.1, 0.15) is 6.42 Å². The molecule has 1 heterocycles. The number of nitrogens with two attached hydrogens (primary N) is 1. The van der Waals surface area contributed by atoms with Crippen LogP contribution in [0.2, 0.25) is 0 Å². The Labute approximate surface area is 119 Å².